The Hall–Kier alpha value is -1.46. The summed E-state index contributed by atoms with van der Waals surface area (Å²) in [7, 11) is 0. The van der Waals surface area contributed by atoms with Crippen LogP contribution < -0.4 is 10.0 Å². The number of carbonyl (C=O) groups excluding carboxylic acids is 1. The average Bonchev–Trinajstić information content (AvgIpc) is 2.68. The van der Waals surface area contributed by atoms with Crippen LogP contribution in [0.4, 0.5) is 0 Å². The van der Waals surface area contributed by atoms with Gasteiger partial charge >= 0.3 is 0 Å². The van der Waals surface area contributed by atoms with Crippen LogP contribution in [0.25, 0.3) is 0 Å². The van der Waals surface area contributed by atoms with E-state index >= 15 is 0 Å². The molecule has 0 bridgehead atoms. The van der Waals surface area contributed by atoms with E-state index in [1.54, 1.807) is 6.92 Å². The van der Waals surface area contributed by atoms with E-state index < -0.39 is 5.97 Å². The molecule has 0 aliphatic rings. The lowest BCUT2D eigenvalue weighted by molar-refractivity contribution is -0.887. The fourth-order valence-corrected chi connectivity index (χ4v) is 2.63. The standard InChI is InChI=1S/C13H18N2O2S/c1-4-7-15(8-5-2)9-6-11-14-10(3)12(18-11)13(16)17/h4-5H,1-2,6-9H2,3H3,(H,16,17). The molecule has 0 aliphatic heterocycles. The van der Waals surface area contributed by atoms with Gasteiger partial charge in [-0.25, -0.2) is 4.98 Å². The Bertz CT molecular complexity index is 430. The Morgan fingerprint density at radius 3 is 2.50 bits per heavy atom. The molecule has 0 radical (unpaired) electrons. The molecule has 0 amide bonds. The number of thiazole rings is 1. The van der Waals surface area contributed by atoms with Crippen LogP contribution in [0.1, 0.15) is 20.4 Å². The number of rotatable bonds is 8. The van der Waals surface area contributed by atoms with Crippen molar-refractivity contribution in [1.29, 1.82) is 0 Å². The lowest BCUT2D eigenvalue weighted by atomic mass is 10.3. The van der Waals surface area contributed by atoms with Crippen molar-refractivity contribution in [2.45, 2.75) is 13.3 Å². The molecular weight excluding hydrogens is 248 g/mol. The van der Waals surface area contributed by atoms with Crippen LogP contribution in [0.2, 0.25) is 0 Å². The molecule has 0 aliphatic carbocycles. The SMILES string of the molecule is C=CC[NH+](CC=C)CCc1nc(C)c(C(=O)[O-])s1. The number of carbonyl (C=O) groups is 1. The highest BCUT2D eigenvalue weighted by molar-refractivity contribution is 7.13. The average molecular weight is 266 g/mol. The molecule has 0 unspecified atom stereocenters. The van der Waals surface area contributed by atoms with Crippen molar-refractivity contribution >= 4 is 17.3 Å². The topological polar surface area (TPSA) is 57.5 Å². The van der Waals surface area contributed by atoms with Gasteiger partial charge in [0, 0.05) is 6.42 Å². The molecule has 0 atom stereocenters. The number of hydrogen-bond donors (Lipinski definition) is 1. The zero-order valence-corrected chi connectivity index (χ0v) is 11.4. The minimum absolute atomic E-state index is 0.235. The maximum atomic E-state index is 10.8. The number of quaternary nitrogens is 1. The van der Waals surface area contributed by atoms with E-state index in [4.69, 9.17) is 0 Å². The minimum atomic E-state index is -1.14. The number of nitrogens with zero attached hydrogens (tertiary/aromatic N) is 1. The second-order valence-corrected chi connectivity index (χ2v) is 5.13. The van der Waals surface area contributed by atoms with Gasteiger partial charge in [-0.3, -0.25) is 0 Å². The second-order valence-electron chi connectivity index (χ2n) is 4.05. The van der Waals surface area contributed by atoms with E-state index in [1.807, 2.05) is 12.2 Å². The third-order valence-electron chi connectivity index (χ3n) is 2.58. The van der Waals surface area contributed by atoms with Gasteiger partial charge in [0.05, 0.1) is 41.2 Å². The Labute approximate surface area is 111 Å². The molecule has 0 saturated carbocycles. The van der Waals surface area contributed by atoms with Gasteiger partial charge in [-0.1, -0.05) is 13.2 Å². The van der Waals surface area contributed by atoms with Crippen molar-refractivity contribution < 1.29 is 14.8 Å². The van der Waals surface area contributed by atoms with E-state index in [2.05, 4.69) is 18.1 Å². The first kappa shape index (κ1) is 14.6. The Morgan fingerprint density at radius 2 is 2.06 bits per heavy atom. The van der Waals surface area contributed by atoms with E-state index in [-0.39, 0.29) is 4.88 Å². The van der Waals surface area contributed by atoms with Gasteiger partial charge in [0.15, 0.2) is 0 Å². The van der Waals surface area contributed by atoms with E-state index in [1.165, 1.54) is 16.2 Å². The van der Waals surface area contributed by atoms with Crippen LogP contribution in [0.3, 0.4) is 0 Å². The first-order valence-electron chi connectivity index (χ1n) is 5.81. The summed E-state index contributed by atoms with van der Waals surface area (Å²) >= 11 is 1.21. The fraction of sp³-hybridized carbons (Fsp3) is 0.385. The van der Waals surface area contributed by atoms with Gasteiger partial charge in [-0.05, 0) is 19.1 Å². The van der Waals surface area contributed by atoms with E-state index in [0.717, 1.165) is 31.1 Å². The number of carboxylic acids is 1. The van der Waals surface area contributed by atoms with Crippen molar-refractivity contribution in [3.63, 3.8) is 0 Å². The molecule has 1 heterocycles. The predicted molar refractivity (Wildman–Crippen MR) is 70.8 cm³/mol. The molecule has 4 nitrogen and oxygen atoms in total. The van der Waals surface area contributed by atoms with Crippen molar-refractivity contribution in [3.05, 3.63) is 40.9 Å². The van der Waals surface area contributed by atoms with Crippen LogP contribution in [0.15, 0.2) is 25.3 Å². The highest BCUT2D eigenvalue weighted by Crippen LogP contribution is 2.17. The number of aryl methyl sites for hydroxylation is 1. The molecule has 0 fully saturated rings. The van der Waals surface area contributed by atoms with E-state index in [9.17, 15) is 9.90 Å². The Balaban J connectivity index is 2.61. The number of aromatic carboxylic acids is 1. The molecule has 5 heteroatoms. The molecular formula is C13H18N2O2S. The molecule has 1 N–H and O–H groups in total. The summed E-state index contributed by atoms with van der Waals surface area (Å²) in [4.78, 5) is 16.6. The number of nitrogens with one attached hydrogen (secondary N) is 1. The van der Waals surface area contributed by atoms with Gasteiger partial charge in [0.25, 0.3) is 0 Å². The molecule has 98 valence electrons. The van der Waals surface area contributed by atoms with Crippen LogP contribution in [-0.2, 0) is 6.42 Å². The Kier molecular flexibility index (Phi) is 5.74. The lowest BCUT2D eigenvalue weighted by Gasteiger charge is -2.14. The monoisotopic (exact) mass is 266 g/mol. The number of carboxylic acid groups (broad SMARTS) is 1. The summed E-state index contributed by atoms with van der Waals surface area (Å²) in [6, 6.07) is 0. The van der Waals surface area contributed by atoms with Crippen LogP contribution >= 0.6 is 11.3 Å². The van der Waals surface area contributed by atoms with Gasteiger partial charge in [-0.15, -0.1) is 11.3 Å². The smallest absolute Gasteiger partial charge is 0.0991 e. The quantitative estimate of drug-likeness (QED) is 0.652. The summed E-state index contributed by atoms with van der Waals surface area (Å²) in [6.45, 7) is 11.8. The Morgan fingerprint density at radius 1 is 1.44 bits per heavy atom. The zero-order chi connectivity index (χ0) is 13.5. The maximum absolute atomic E-state index is 10.8. The molecule has 18 heavy (non-hydrogen) atoms. The van der Waals surface area contributed by atoms with Gasteiger partial charge in [-0.2, -0.15) is 0 Å². The third-order valence-corrected chi connectivity index (χ3v) is 3.78. The number of aromatic nitrogens is 1. The predicted octanol–water partition coefficient (Wildman–Crippen LogP) is -0.386. The highest BCUT2D eigenvalue weighted by Gasteiger charge is 2.11. The third kappa shape index (κ3) is 4.09. The van der Waals surface area contributed by atoms with Crippen molar-refractivity contribution in [1.82, 2.24) is 4.98 Å². The molecule has 0 saturated heterocycles. The molecule has 1 rings (SSSR count). The summed E-state index contributed by atoms with van der Waals surface area (Å²) in [5.74, 6) is -1.14. The molecule has 0 aromatic carbocycles. The molecule has 1 aromatic rings. The number of hydrogen-bond acceptors (Lipinski definition) is 4. The van der Waals surface area contributed by atoms with Crippen LogP contribution in [0.5, 0.6) is 0 Å². The minimum Gasteiger partial charge on any atom is -0.544 e. The lowest BCUT2D eigenvalue weighted by Crippen LogP contribution is -3.11. The van der Waals surface area contributed by atoms with Crippen molar-refractivity contribution in [3.8, 4) is 0 Å². The normalized spacial score (nSPS) is 10.6. The maximum Gasteiger partial charge on any atom is 0.0991 e. The van der Waals surface area contributed by atoms with Gasteiger partial charge in [0.1, 0.15) is 0 Å². The summed E-state index contributed by atoms with van der Waals surface area (Å²) in [6.07, 6.45) is 4.51. The van der Waals surface area contributed by atoms with Crippen LogP contribution in [-0.4, -0.2) is 30.6 Å². The van der Waals surface area contributed by atoms with Gasteiger partial charge < -0.3 is 14.8 Å². The second kappa shape index (κ2) is 7.08. The fourth-order valence-electron chi connectivity index (χ4n) is 1.73. The molecule has 1 aromatic heterocycles. The highest BCUT2D eigenvalue weighted by atomic mass is 32.1. The van der Waals surface area contributed by atoms with Crippen molar-refractivity contribution in [2.24, 2.45) is 0 Å². The first-order chi connectivity index (χ1) is 8.58. The van der Waals surface area contributed by atoms with Gasteiger partial charge in [0.2, 0.25) is 0 Å². The summed E-state index contributed by atoms with van der Waals surface area (Å²) in [5, 5.41) is 11.7. The van der Waals surface area contributed by atoms with Crippen LogP contribution in [0, 0.1) is 6.92 Å². The largest absolute Gasteiger partial charge is 0.544 e. The van der Waals surface area contributed by atoms with E-state index in [0.29, 0.717) is 5.69 Å². The zero-order valence-electron chi connectivity index (χ0n) is 10.6. The molecule has 0 spiro atoms. The summed E-state index contributed by atoms with van der Waals surface area (Å²) in [5.41, 5.74) is 0.545. The first-order valence-corrected chi connectivity index (χ1v) is 6.63. The van der Waals surface area contributed by atoms with Crippen molar-refractivity contribution in [2.75, 3.05) is 19.6 Å². The summed E-state index contributed by atoms with van der Waals surface area (Å²) < 4.78 is 0.